The van der Waals surface area contributed by atoms with E-state index < -0.39 is 30.5 Å². The first kappa shape index (κ1) is 25.2. The molecule has 1 aromatic carbocycles. The monoisotopic (exact) mass is 519 g/mol. The lowest BCUT2D eigenvalue weighted by atomic mass is 9.94. The molecule has 0 unspecified atom stereocenters. The molecule has 194 valence electrons. The largest absolute Gasteiger partial charge is 0.357 e. The van der Waals surface area contributed by atoms with Gasteiger partial charge in [-0.15, -0.1) is 0 Å². The van der Waals surface area contributed by atoms with Crippen LogP contribution in [0.25, 0.3) is 22.4 Å². The van der Waals surface area contributed by atoms with Crippen molar-refractivity contribution in [3.05, 3.63) is 89.8 Å². The third-order valence-corrected chi connectivity index (χ3v) is 6.59. The molecule has 4 aromatic rings. The average molecular weight is 520 g/mol. The highest BCUT2D eigenvalue weighted by atomic mass is 19.3. The molecule has 0 aliphatic carbocycles. The number of aromatic nitrogens is 3. The Hall–Kier alpha value is -4.47. The van der Waals surface area contributed by atoms with Gasteiger partial charge in [0.25, 0.3) is 5.91 Å². The number of rotatable bonds is 7. The van der Waals surface area contributed by atoms with E-state index in [0.717, 1.165) is 23.4 Å². The molecule has 0 bridgehead atoms. The molecular formula is C28H24F3N5O2. The van der Waals surface area contributed by atoms with E-state index in [1.54, 1.807) is 42.5 Å². The number of nitrogens with zero attached hydrogens (tertiary/aromatic N) is 3. The number of aromatic amines is 1. The number of pyridine rings is 2. The van der Waals surface area contributed by atoms with Gasteiger partial charge < -0.3 is 15.2 Å². The molecule has 38 heavy (non-hydrogen) atoms. The molecule has 3 aromatic heterocycles. The van der Waals surface area contributed by atoms with Crippen LogP contribution in [0.2, 0.25) is 0 Å². The molecule has 10 heteroatoms. The molecule has 0 saturated heterocycles. The average Bonchev–Trinajstić information content (AvgIpc) is 3.31. The van der Waals surface area contributed by atoms with Crippen LogP contribution in [0.1, 0.15) is 34.0 Å². The number of likely N-dealkylation sites (N-methyl/N-ethyl adjacent to an activating group) is 1. The fourth-order valence-corrected chi connectivity index (χ4v) is 4.70. The number of hydrogen-bond acceptors (Lipinski definition) is 4. The van der Waals surface area contributed by atoms with E-state index in [4.69, 9.17) is 0 Å². The van der Waals surface area contributed by atoms with Crippen molar-refractivity contribution in [1.82, 2.24) is 19.9 Å². The zero-order valence-electron chi connectivity index (χ0n) is 20.4. The SMILES string of the molecule is CN1CCc2[nH]c(-c3ccnc(NC(=O)[C@@H](CC(F)F)c4ccc(F)cc4)c3)c(-c3cccnc3)c2C1=O. The van der Waals surface area contributed by atoms with E-state index in [-0.39, 0.29) is 17.3 Å². The van der Waals surface area contributed by atoms with Gasteiger partial charge in [-0.1, -0.05) is 18.2 Å². The number of halogens is 3. The lowest BCUT2D eigenvalue weighted by Gasteiger charge is -2.23. The van der Waals surface area contributed by atoms with Gasteiger partial charge in [-0.2, -0.15) is 0 Å². The van der Waals surface area contributed by atoms with Gasteiger partial charge in [-0.05, 0) is 35.9 Å². The lowest BCUT2D eigenvalue weighted by Crippen LogP contribution is -2.34. The van der Waals surface area contributed by atoms with E-state index in [2.05, 4.69) is 20.3 Å². The maximum Gasteiger partial charge on any atom is 0.256 e. The van der Waals surface area contributed by atoms with Crippen molar-refractivity contribution in [3.8, 4) is 22.4 Å². The van der Waals surface area contributed by atoms with Crippen LogP contribution in [0.15, 0.2) is 67.1 Å². The highest BCUT2D eigenvalue weighted by Crippen LogP contribution is 2.39. The van der Waals surface area contributed by atoms with Crippen molar-refractivity contribution in [2.45, 2.75) is 25.2 Å². The van der Waals surface area contributed by atoms with Crippen molar-refractivity contribution in [2.75, 3.05) is 18.9 Å². The smallest absolute Gasteiger partial charge is 0.256 e. The van der Waals surface area contributed by atoms with Gasteiger partial charge in [0, 0.05) is 67.4 Å². The van der Waals surface area contributed by atoms with Gasteiger partial charge in [0.05, 0.1) is 17.2 Å². The number of alkyl halides is 2. The molecule has 2 amide bonds. The second kappa shape index (κ2) is 10.5. The van der Waals surface area contributed by atoms with E-state index >= 15 is 0 Å². The molecule has 0 radical (unpaired) electrons. The first-order chi connectivity index (χ1) is 18.3. The molecule has 4 heterocycles. The fraction of sp³-hybridized carbons (Fsp3) is 0.214. The zero-order valence-corrected chi connectivity index (χ0v) is 20.4. The Bertz CT molecular complexity index is 1470. The van der Waals surface area contributed by atoms with E-state index in [9.17, 15) is 22.8 Å². The maximum absolute atomic E-state index is 13.4. The van der Waals surface area contributed by atoms with Gasteiger partial charge in [0.1, 0.15) is 11.6 Å². The topological polar surface area (TPSA) is 91.0 Å². The molecule has 1 aliphatic heterocycles. The minimum absolute atomic E-state index is 0.107. The Balaban J connectivity index is 1.51. The number of benzene rings is 1. The summed E-state index contributed by atoms with van der Waals surface area (Å²) in [5.74, 6) is -2.36. The van der Waals surface area contributed by atoms with Gasteiger partial charge in [0.15, 0.2) is 0 Å². The molecule has 5 rings (SSSR count). The molecule has 1 aliphatic rings. The quantitative estimate of drug-likeness (QED) is 0.348. The summed E-state index contributed by atoms with van der Waals surface area (Å²) in [6, 6.07) is 11.9. The lowest BCUT2D eigenvalue weighted by molar-refractivity contribution is -0.118. The summed E-state index contributed by atoms with van der Waals surface area (Å²) >= 11 is 0. The van der Waals surface area contributed by atoms with Crippen LogP contribution >= 0.6 is 0 Å². The summed E-state index contributed by atoms with van der Waals surface area (Å²) in [6.07, 6.45) is 2.00. The first-order valence-corrected chi connectivity index (χ1v) is 12.0. The standard InChI is InChI=1S/C28H24F3N5O2/c1-36-12-9-21-25(28(36)38)24(18-3-2-10-32-15-18)26(34-21)17-8-11-33-23(13-17)35-27(37)20(14-22(30)31)16-4-6-19(29)7-5-16/h2-8,10-11,13,15,20,22,34H,9,12,14H2,1H3,(H,33,35,37)/t20-/m0/s1. The van der Waals surface area contributed by atoms with Crippen molar-refractivity contribution >= 4 is 17.6 Å². The molecule has 7 nitrogen and oxygen atoms in total. The van der Waals surface area contributed by atoms with Gasteiger partial charge in [0.2, 0.25) is 12.3 Å². The zero-order chi connectivity index (χ0) is 26.8. The van der Waals surface area contributed by atoms with E-state index in [1.807, 2.05) is 6.07 Å². The van der Waals surface area contributed by atoms with E-state index in [0.29, 0.717) is 35.3 Å². The van der Waals surface area contributed by atoms with Crippen molar-refractivity contribution in [3.63, 3.8) is 0 Å². The maximum atomic E-state index is 13.4. The Morgan fingerprint density at radius 3 is 2.61 bits per heavy atom. The summed E-state index contributed by atoms with van der Waals surface area (Å²) in [6.45, 7) is 0.574. The molecule has 0 saturated carbocycles. The second-order valence-corrected chi connectivity index (χ2v) is 9.10. The highest BCUT2D eigenvalue weighted by Gasteiger charge is 2.31. The number of amides is 2. The molecule has 2 N–H and O–H groups in total. The Morgan fingerprint density at radius 1 is 1.11 bits per heavy atom. The van der Waals surface area contributed by atoms with Crippen molar-refractivity contribution < 1.29 is 22.8 Å². The summed E-state index contributed by atoms with van der Waals surface area (Å²) in [5.41, 5.74) is 4.39. The normalized spacial score (nSPS) is 13.9. The number of carbonyl (C=O) groups excluding carboxylic acids is 2. The summed E-state index contributed by atoms with van der Waals surface area (Å²) in [4.78, 5) is 39.6. The second-order valence-electron chi connectivity index (χ2n) is 9.10. The van der Waals surface area contributed by atoms with Gasteiger partial charge in [-0.3, -0.25) is 14.6 Å². The van der Waals surface area contributed by atoms with Crippen LogP contribution in [-0.2, 0) is 11.2 Å². The molecular weight excluding hydrogens is 495 g/mol. The third-order valence-electron chi connectivity index (χ3n) is 6.59. The van der Waals surface area contributed by atoms with Crippen LogP contribution in [0.4, 0.5) is 19.0 Å². The predicted octanol–water partition coefficient (Wildman–Crippen LogP) is 5.28. The Morgan fingerprint density at radius 2 is 1.89 bits per heavy atom. The van der Waals surface area contributed by atoms with Gasteiger partial charge in [-0.25, -0.2) is 18.2 Å². The van der Waals surface area contributed by atoms with E-state index in [1.165, 1.54) is 18.3 Å². The van der Waals surface area contributed by atoms with Crippen LogP contribution in [-0.4, -0.2) is 51.7 Å². The highest BCUT2D eigenvalue weighted by molar-refractivity contribution is 6.06. The number of fused-ring (bicyclic) bond motifs is 1. The Kier molecular flexibility index (Phi) is 6.95. The third kappa shape index (κ3) is 5.02. The summed E-state index contributed by atoms with van der Waals surface area (Å²) < 4.78 is 40.0. The summed E-state index contributed by atoms with van der Waals surface area (Å²) in [7, 11) is 1.75. The number of hydrogen-bond donors (Lipinski definition) is 2. The molecule has 0 fully saturated rings. The molecule has 1 atom stereocenters. The van der Waals surface area contributed by atoms with Crippen LogP contribution in [0, 0.1) is 5.82 Å². The van der Waals surface area contributed by atoms with Crippen molar-refractivity contribution in [2.24, 2.45) is 0 Å². The van der Waals surface area contributed by atoms with Crippen LogP contribution < -0.4 is 5.32 Å². The molecule has 0 spiro atoms. The summed E-state index contributed by atoms with van der Waals surface area (Å²) in [5, 5.41) is 2.63. The number of H-pyrrole nitrogens is 1. The minimum Gasteiger partial charge on any atom is -0.357 e. The van der Waals surface area contributed by atoms with Crippen LogP contribution in [0.5, 0.6) is 0 Å². The van der Waals surface area contributed by atoms with Gasteiger partial charge >= 0.3 is 0 Å². The minimum atomic E-state index is -2.74. The number of anilines is 1. The number of carbonyl (C=O) groups is 2. The predicted molar refractivity (Wildman–Crippen MR) is 136 cm³/mol. The first-order valence-electron chi connectivity index (χ1n) is 12.0. The fourth-order valence-electron chi connectivity index (χ4n) is 4.70. The van der Waals surface area contributed by atoms with Crippen LogP contribution in [0.3, 0.4) is 0 Å². The van der Waals surface area contributed by atoms with Crippen molar-refractivity contribution in [1.29, 1.82) is 0 Å². The number of nitrogens with one attached hydrogen (secondary N) is 2. The Labute approximate surface area is 216 Å².